The lowest BCUT2D eigenvalue weighted by Gasteiger charge is -2.29. The van der Waals surface area contributed by atoms with Crippen LogP contribution in [0.15, 0.2) is 4.99 Å². The lowest BCUT2D eigenvalue weighted by atomic mass is 10.1. The van der Waals surface area contributed by atoms with Crippen LogP contribution in [-0.4, -0.2) is 47.0 Å². The van der Waals surface area contributed by atoms with Crippen LogP contribution >= 0.6 is 11.8 Å². The Morgan fingerprint density at radius 2 is 1.84 bits per heavy atom. The number of rotatable bonds is 7. The average molecular weight is 286 g/mol. The molecular formula is C15H31N3S. The van der Waals surface area contributed by atoms with Crippen molar-refractivity contribution in [1.29, 1.82) is 0 Å². The molecule has 1 aliphatic heterocycles. The molecule has 0 amide bonds. The Labute approximate surface area is 123 Å². The van der Waals surface area contributed by atoms with Gasteiger partial charge in [0.15, 0.2) is 5.17 Å². The normalized spacial score (nSPS) is 22.2. The first-order valence-electron chi connectivity index (χ1n) is 7.59. The second-order valence-electron chi connectivity index (χ2n) is 6.39. The van der Waals surface area contributed by atoms with Crippen LogP contribution in [-0.2, 0) is 0 Å². The highest BCUT2D eigenvalue weighted by Crippen LogP contribution is 2.19. The zero-order chi connectivity index (χ0) is 14.4. The third-order valence-electron chi connectivity index (χ3n) is 3.44. The van der Waals surface area contributed by atoms with Crippen LogP contribution in [0.4, 0.5) is 0 Å². The summed E-state index contributed by atoms with van der Waals surface area (Å²) in [5.41, 5.74) is 0. The van der Waals surface area contributed by atoms with E-state index in [1.165, 1.54) is 12.2 Å². The van der Waals surface area contributed by atoms with E-state index in [0.717, 1.165) is 24.2 Å². The molecule has 3 nitrogen and oxygen atoms in total. The summed E-state index contributed by atoms with van der Waals surface area (Å²) in [5, 5.41) is 4.70. The molecule has 1 heterocycles. The number of hydrogen-bond acceptors (Lipinski definition) is 3. The molecule has 0 radical (unpaired) electrons. The largest absolute Gasteiger partial charge is 0.361 e. The monoisotopic (exact) mass is 285 g/mol. The smallest absolute Gasteiger partial charge is 0.156 e. The first-order valence-corrected chi connectivity index (χ1v) is 8.58. The predicted molar refractivity (Wildman–Crippen MR) is 88.1 cm³/mol. The summed E-state index contributed by atoms with van der Waals surface area (Å²) in [6, 6.07) is 1.81. The van der Waals surface area contributed by atoms with Crippen LogP contribution in [0.25, 0.3) is 0 Å². The molecule has 0 aromatic carbocycles. The predicted octanol–water partition coefficient (Wildman–Crippen LogP) is 3.21. The molecule has 112 valence electrons. The van der Waals surface area contributed by atoms with Gasteiger partial charge >= 0.3 is 0 Å². The van der Waals surface area contributed by atoms with Crippen molar-refractivity contribution in [3.63, 3.8) is 0 Å². The molecule has 1 saturated heterocycles. The second-order valence-corrected chi connectivity index (χ2v) is 7.40. The summed E-state index contributed by atoms with van der Waals surface area (Å²) in [5.74, 6) is 1.93. The van der Waals surface area contributed by atoms with Gasteiger partial charge in [0.2, 0.25) is 0 Å². The van der Waals surface area contributed by atoms with E-state index in [1.54, 1.807) is 0 Å². The van der Waals surface area contributed by atoms with Gasteiger partial charge in [-0.05, 0) is 40.0 Å². The van der Waals surface area contributed by atoms with Crippen molar-refractivity contribution in [3.8, 4) is 0 Å². The molecule has 0 bridgehead atoms. The van der Waals surface area contributed by atoms with Crippen molar-refractivity contribution < 1.29 is 0 Å². The molecule has 0 spiro atoms. The van der Waals surface area contributed by atoms with E-state index in [0.29, 0.717) is 18.1 Å². The van der Waals surface area contributed by atoms with E-state index in [9.17, 15) is 0 Å². The van der Waals surface area contributed by atoms with Gasteiger partial charge in [-0.3, -0.25) is 9.89 Å². The van der Waals surface area contributed by atoms with Gasteiger partial charge < -0.3 is 5.32 Å². The molecule has 1 fully saturated rings. The van der Waals surface area contributed by atoms with Crippen LogP contribution < -0.4 is 5.32 Å². The molecule has 0 aliphatic carbocycles. The molecule has 1 atom stereocenters. The summed E-state index contributed by atoms with van der Waals surface area (Å²) in [6.45, 7) is 15.6. The number of amidine groups is 1. The second kappa shape index (κ2) is 8.15. The van der Waals surface area contributed by atoms with Crippen molar-refractivity contribution in [3.05, 3.63) is 0 Å². The number of nitrogens with one attached hydrogen (secondary N) is 1. The zero-order valence-corrected chi connectivity index (χ0v) is 14.3. The number of aliphatic imine (C=N–C) groups is 1. The van der Waals surface area contributed by atoms with Crippen LogP contribution in [0.5, 0.6) is 0 Å². The van der Waals surface area contributed by atoms with Crippen molar-refractivity contribution >= 4 is 16.9 Å². The zero-order valence-electron chi connectivity index (χ0n) is 13.4. The summed E-state index contributed by atoms with van der Waals surface area (Å²) in [6.07, 6.45) is 1.25. The number of nitrogens with zero attached hydrogens (tertiary/aromatic N) is 2. The maximum atomic E-state index is 4.71. The summed E-state index contributed by atoms with van der Waals surface area (Å²) in [4.78, 5) is 7.21. The minimum Gasteiger partial charge on any atom is -0.361 e. The first-order chi connectivity index (χ1) is 8.90. The fourth-order valence-electron chi connectivity index (χ4n) is 2.60. The van der Waals surface area contributed by atoms with Crippen LogP contribution in [0.3, 0.4) is 0 Å². The van der Waals surface area contributed by atoms with E-state index < -0.39 is 0 Å². The maximum Gasteiger partial charge on any atom is 0.156 e. The van der Waals surface area contributed by atoms with Crippen LogP contribution in [0, 0.1) is 5.92 Å². The molecule has 1 aliphatic rings. The Morgan fingerprint density at radius 3 is 2.37 bits per heavy atom. The fraction of sp³-hybridized carbons (Fsp3) is 0.933. The highest BCUT2D eigenvalue weighted by molar-refractivity contribution is 8.14. The molecule has 1 unspecified atom stereocenters. The summed E-state index contributed by atoms with van der Waals surface area (Å²) < 4.78 is 0. The Morgan fingerprint density at radius 1 is 1.21 bits per heavy atom. The van der Waals surface area contributed by atoms with Crippen molar-refractivity contribution in [2.45, 2.75) is 66.1 Å². The van der Waals surface area contributed by atoms with Crippen molar-refractivity contribution in [2.24, 2.45) is 10.9 Å². The fourth-order valence-corrected chi connectivity index (χ4v) is 3.62. The van der Waals surface area contributed by atoms with E-state index >= 15 is 0 Å². The van der Waals surface area contributed by atoms with E-state index in [2.05, 4.69) is 51.8 Å². The summed E-state index contributed by atoms with van der Waals surface area (Å²) >= 11 is 1.88. The Hall–Kier alpha value is -0.220. The average Bonchev–Trinajstić information content (AvgIpc) is 2.70. The van der Waals surface area contributed by atoms with Crippen molar-refractivity contribution in [2.75, 3.05) is 18.8 Å². The van der Waals surface area contributed by atoms with Gasteiger partial charge in [0, 0.05) is 30.4 Å². The molecule has 1 rings (SSSR count). The standard InChI is InChI=1S/C15H31N3S/c1-11(2)9-14-10-19-15(17-14)16-7-8-18(12(3)4)13(5)6/h11-14H,7-10H2,1-6H3,(H,16,17). The topological polar surface area (TPSA) is 27.6 Å². The third kappa shape index (κ3) is 6.17. The highest BCUT2D eigenvalue weighted by atomic mass is 32.2. The van der Waals surface area contributed by atoms with Gasteiger partial charge in [-0.25, -0.2) is 0 Å². The minimum atomic E-state index is 0.595. The Kier molecular flexibility index (Phi) is 7.22. The SMILES string of the molecule is CC(C)CC1CSC(=NCCN(C(C)C)C(C)C)N1. The highest BCUT2D eigenvalue weighted by Gasteiger charge is 2.21. The van der Waals surface area contributed by atoms with Gasteiger partial charge in [0.1, 0.15) is 0 Å². The molecule has 0 aromatic heterocycles. The maximum absolute atomic E-state index is 4.71. The number of thioether (sulfide) groups is 1. The van der Waals surface area contributed by atoms with E-state index in [4.69, 9.17) is 4.99 Å². The van der Waals surface area contributed by atoms with Gasteiger partial charge in [-0.2, -0.15) is 0 Å². The third-order valence-corrected chi connectivity index (χ3v) is 4.53. The van der Waals surface area contributed by atoms with Gasteiger partial charge in [0.25, 0.3) is 0 Å². The number of hydrogen-bond donors (Lipinski definition) is 1. The molecular weight excluding hydrogens is 254 g/mol. The van der Waals surface area contributed by atoms with Gasteiger partial charge in [0.05, 0.1) is 6.54 Å². The Balaban J connectivity index is 2.33. The lowest BCUT2D eigenvalue weighted by Crippen LogP contribution is -2.39. The molecule has 19 heavy (non-hydrogen) atoms. The summed E-state index contributed by atoms with van der Waals surface area (Å²) in [7, 11) is 0. The minimum absolute atomic E-state index is 0.595. The van der Waals surface area contributed by atoms with Crippen LogP contribution in [0.2, 0.25) is 0 Å². The quantitative estimate of drug-likeness (QED) is 0.778. The molecule has 1 N–H and O–H groups in total. The molecule has 0 saturated carbocycles. The first kappa shape index (κ1) is 16.8. The molecule has 0 aromatic rings. The Bertz CT molecular complexity index is 279. The van der Waals surface area contributed by atoms with Gasteiger partial charge in [-0.15, -0.1) is 0 Å². The van der Waals surface area contributed by atoms with Crippen molar-refractivity contribution in [1.82, 2.24) is 10.2 Å². The lowest BCUT2D eigenvalue weighted by molar-refractivity contribution is 0.181. The van der Waals surface area contributed by atoms with E-state index in [-0.39, 0.29) is 0 Å². The van der Waals surface area contributed by atoms with Crippen LogP contribution in [0.1, 0.15) is 48.0 Å². The molecule has 4 heteroatoms. The van der Waals surface area contributed by atoms with E-state index in [1.807, 2.05) is 11.8 Å². The van der Waals surface area contributed by atoms with Gasteiger partial charge in [-0.1, -0.05) is 25.6 Å².